The van der Waals surface area contributed by atoms with E-state index >= 15 is 0 Å². The van der Waals surface area contributed by atoms with Crippen LogP contribution in [0, 0.1) is 40.4 Å². The summed E-state index contributed by atoms with van der Waals surface area (Å²) in [6.45, 7) is 6.42. The van der Waals surface area contributed by atoms with Crippen molar-refractivity contribution >= 4 is 12.3 Å². The summed E-state index contributed by atoms with van der Waals surface area (Å²) in [5, 5.41) is 57.1. The van der Waals surface area contributed by atoms with E-state index in [4.69, 9.17) is 4.74 Å². The number of fused-ring (bicyclic) bond motifs is 4. The van der Waals surface area contributed by atoms with Crippen LogP contribution in [0.2, 0.25) is 0 Å². The number of rotatable bonds is 9. The topological polar surface area (TPSA) is 148 Å². The largest absolute Gasteiger partial charge is 0.447 e. The molecule has 2 bridgehead atoms. The Morgan fingerprint density at radius 3 is 2.54 bits per heavy atom. The van der Waals surface area contributed by atoms with Crippen molar-refractivity contribution < 1.29 is 34.8 Å². The first-order valence-corrected chi connectivity index (χ1v) is 18.2. The molecule has 6 N–H and O–H groups in total. The third-order valence-corrected chi connectivity index (χ3v) is 14.5. The lowest BCUT2D eigenvalue weighted by atomic mass is 9.37. The van der Waals surface area contributed by atoms with Gasteiger partial charge in [0.05, 0.1) is 22.7 Å². The van der Waals surface area contributed by atoms with Gasteiger partial charge in [-0.25, -0.2) is 4.79 Å². The number of aldehydes is 1. The molecule has 0 aromatic heterocycles. The monoisotopic (exact) mass is 640 g/mol. The maximum absolute atomic E-state index is 13.5. The maximum atomic E-state index is 13.5. The van der Waals surface area contributed by atoms with Crippen molar-refractivity contribution in [1.82, 2.24) is 10.6 Å². The second-order valence-corrected chi connectivity index (χ2v) is 16.8. The van der Waals surface area contributed by atoms with E-state index in [-0.39, 0.29) is 30.6 Å². The summed E-state index contributed by atoms with van der Waals surface area (Å²) in [5.41, 5.74) is -5.31. The van der Waals surface area contributed by atoms with Crippen molar-refractivity contribution in [1.29, 1.82) is 0 Å². The lowest BCUT2D eigenvalue weighted by Crippen LogP contribution is -2.79. The summed E-state index contributed by atoms with van der Waals surface area (Å²) in [5.74, 6) is -1.26. The normalized spacial score (nSPS) is 49.0. The van der Waals surface area contributed by atoms with Crippen molar-refractivity contribution in [3.8, 4) is 0 Å². The molecule has 11 atom stereocenters. The molecule has 7 rings (SSSR count). The van der Waals surface area contributed by atoms with Gasteiger partial charge in [-0.3, -0.25) is 0 Å². The van der Waals surface area contributed by atoms with Crippen LogP contribution < -0.4 is 10.6 Å². The number of hydrogen-bond donors (Lipinski definition) is 6. The van der Waals surface area contributed by atoms with Gasteiger partial charge in [-0.05, 0) is 106 Å². The number of nitrogens with one attached hydrogen (secondary N) is 2. The summed E-state index contributed by atoms with van der Waals surface area (Å²) in [4.78, 5) is 26.6. The average Bonchev–Trinajstić information content (AvgIpc) is 3.46. The number of allylic oxidation sites excluding steroid dienone is 1. The van der Waals surface area contributed by atoms with Crippen molar-refractivity contribution in [2.75, 3.05) is 26.7 Å². The van der Waals surface area contributed by atoms with E-state index in [0.717, 1.165) is 62.6 Å². The van der Waals surface area contributed by atoms with Gasteiger partial charge < -0.3 is 40.6 Å². The van der Waals surface area contributed by atoms with E-state index in [1.165, 1.54) is 0 Å². The minimum Gasteiger partial charge on any atom is -0.447 e. The highest BCUT2D eigenvalue weighted by Crippen LogP contribution is 2.77. The van der Waals surface area contributed by atoms with Gasteiger partial charge in [0.2, 0.25) is 0 Å². The van der Waals surface area contributed by atoms with Crippen LogP contribution >= 0.6 is 0 Å². The average molecular weight is 641 g/mol. The summed E-state index contributed by atoms with van der Waals surface area (Å²) >= 11 is 0. The zero-order valence-electron chi connectivity index (χ0n) is 28.0. The number of carbonyl (C=O) groups excluding carboxylic acids is 2. The molecule has 256 valence electrons. The van der Waals surface area contributed by atoms with Gasteiger partial charge in [-0.1, -0.05) is 32.8 Å². The van der Waals surface area contributed by atoms with E-state index in [1.54, 1.807) is 6.08 Å². The Kier molecular flexibility index (Phi) is 8.02. The van der Waals surface area contributed by atoms with Gasteiger partial charge in [0.25, 0.3) is 0 Å². The molecule has 1 heterocycles. The quantitative estimate of drug-likeness (QED) is 0.0969. The Hall–Kier alpha value is -1.62. The van der Waals surface area contributed by atoms with Gasteiger partial charge in [-0.15, -0.1) is 0 Å². The molecule has 0 aromatic carbocycles. The van der Waals surface area contributed by atoms with Crippen LogP contribution in [0.1, 0.15) is 97.3 Å². The predicted octanol–water partition coefficient (Wildman–Crippen LogP) is 2.94. The van der Waals surface area contributed by atoms with Gasteiger partial charge in [0, 0.05) is 43.5 Å². The lowest BCUT2D eigenvalue weighted by molar-refractivity contribution is -0.334. The van der Waals surface area contributed by atoms with Crippen LogP contribution in [0.4, 0.5) is 0 Å². The molecular formula is C37H56N2O7. The van der Waals surface area contributed by atoms with Gasteiger partial charge >= 0.3 is 5.97 Å². The van der Waals surface area contributed by atoms with Crippen molar-refractivity contribution in [3.05, 3.63) is 23.3 Å². The lowest BCUT2D eigenvalue weighted by Gasteiger charge is -2.71. The molecule has 1 aliphatic heterocycles. The van der Waals surface area contributed by atoms with Crippen LogP contribution in [0.15, 0.2) is 23.3 Å². The number of aliphatic hydroxyl groups is 4. The van der Waals surface area contributed by atoms with Gasteiger partial charge in [0.15, 0.2) is 5.60 Å². The van der Waals surface area contributed by atoms with E-state index in [9.17, 15) is 30.0 Å². The fourth-order valence-corrected chi connectivity index (χ4v) is 12.6. The molecule has 5 fully saturated rings. The maximum Gasteiger partial charge on any atom is 0.332 e. The van der Waals surface area contributed by atoms with Crippen LogP contribution in [-0.2, 0) is 14.3 Å². The summed E-state index contributed by atoms with van der Waals surface area (Å²) in [6.07, 6.45) is 11.2. The molecule has 46 heavy (non-hydrogen) atoms. The number of esters is 1. The zero-order chi connectivity index (χ0) is 32.8. The molecule has 9 nitrogen and oxygen atoms in total. The van der Waals surface area contributed by atoms with Crippen LogP contribution in [0.25, 0.3) is 0 Å². The Morgan fingerprint density at radius 2 is 1.80 bits per heavy atom. The second kappa shape index (κ2) is 11.2. The second-order valence-electron chi connectivity index (χ2n) is 16.8. The Balaban J connectivity index is 1.36. The number of hydrogen-bond acceptors (Lipinski definition) is 9. The highest BCUT2D eigenvalue weighted by atomic mass is 16.6. The molecule has 7 aliphatic rings. The third kappa shape index (κ3) is 4.14. The fourth-order valence-electron chi connectivity index (χ4n) is 12.6. The Bertz CT molecular complexity index is 1320. The molecule has 0 aromatic rings. The van der Waals surface area contributed by atoms with Crippen LogP contribution in [0.3, 0.4) is 0 Å². The number of carbonyl (C=O) groups is 2. The van der Waals surface area contributed by atoms with Crippen molar-refractivity contribution in [3.63, 3.8) is 0 Å². The molecule has 0 unspecified atom stereocenters. The first-order valence-electron chi connectivity index (χ1n) is 18.2. The van der Waals surface area contributed by atoms with Crippen molar-refractivity contribution in [2.24, 2.45) is 40.4 Å². The zero-order valence-corrected chi connectivity index (χ0v) is 28.0. The highest BCUT2D eigenvalue weighted by Gasteiger charge is 2.82. The smallest absolute Gasteiger partial charge is 0.332 e. The van der Waals surface area contributed by atoms with Crippen LogP contribution in [-0.4, -0.2) is 87.9 Å². The Morgan fingerprint density at radius 1 is 1.02 bits per heavy atom. The number of aliphatic hydroxyl groups excluding tert-OH is 1. The molecule has 6 aliphatic carbocycles. The third-order valence-electron chi connectivity index (χ3n) is 14.5. The summed E-state index contributed by atoms with van der Waals surface area (Å²) < 4.78 is 6.29. The number of likely N-dealkylation sites (N-methyl/N-ethyl adjacent to an activating group) is 1. The van der Waals surface area contributed by atoms with E-state index in [2.05, 4.69) is 30.6 Å². The van der Waals surface area contributed by atoms with E-state index < -0.39 is 51.2 Å². The fraction of sp³-hybridized carbons (Fsp3) is 0.838. The molecular weight excluding hydrogens is 584 g/mol. The first-order chi connectivity index (χ1) is 21.9. The van der Waals surface area contributed by atoms with Crippen molar-refractivity contribution in [2.45, 2.75) is 126 Å². The number of ether oxygens (including phenoxy) is 1. The Labute approximate surface area is 273 Å². The molecule has 9 heteroatoms. The van der Waals surface area contributed by atoms with Gasteiger partial charge in [-0.2, -0.15) is 0 Å². The van der Waals surface area contributed by atoms with E-state index in [1.807, 2.05) is 7.05 Å². The SMILES string of the molecule is CNCCNCC1=C[C@@H]2C[C@@]3(O)[C@]4(CCCC[C@@]15OC(=O)C=C5[C@@H]24)CC[C@H]1[C@@]3(O)C[C@H](CCC(C)C)[C@]2(O)C[C@@H](O)CC[C@]12C=O. The molecule has 0 saturated heterocycles. The predicted molar refractivity (Wildman–Crippen MR) is 172 cm³/mol. The molecule has 1 spiro atoms. The van der Waals surface area contributed by atoms with E-state index in [0.29, 0.717) is 51.0 Å². The summed E-state index contributed by atoms with van der Waals surface area (Å²) in [6, 6.07) is 0. The van der Waals surface area contributed by atoms with Gasteiger partial charge in [0.1, 0.15) is 11.9 Å². The minimum absolute atomic E-state index is 0.0869. The molecule has 0 radical (unpaired) electrons. The summed E-state index contributed by atoms with van der Waals surface area (Å²) in [7, 11) is 1.92. The van der Waals surface area contributed by atoms with Crippen LogP contribution in [0.5, 0.6) is 0 Å². The standard InChI is InChI=1S/C37H56N2O7/c1-23(2)6-7-25-19-36(44)29(33(22-40)12-8-27(41)20-35(25,33)43)9-13-32-10-4-5-11-34-26(21-39-15-14-38-3)16-24(18-37(32,36)45)31(32)28(34)17-30(42)46-34/h16-17,22-25,27,29,31,38-39,41,43-45H,4-15,18-21H2,1-3H3/t24-,25+,27+,29-,31-,32-,33+,34-,35-,36+,37-/m1/s1. The highest BCUT2D eigenvalue weighted by molar-refractivity contribution is 5.88. The first kappa shape index (κ1) is 32.9. The molecule has 5 saturated carbocycles. The molecule has 0 amide bonds. The minimum atomic E-state index is -1.61.